The van der Waals surface area contributed by atoms with Crippen LogP contribution in [0.3, 0.4) is 0 Å². The van der Waals surface area contributed by atoms with Crippen LogP contribution in [0.4, 0.5) is 0 Å². The van der Waals surface area contributed by atoms with Gasteiger partial charge in [0.25, 0.3) is 5.56 Å². The average Bonchev–Trinajstić information content (AvgIpc) is 3.17. The number of amides is 1. The molecular formula is C21H19N5O3. The van der Waals surface area contributed by atoms with E-state index in [1.807, 2.05) is 36.4 Å². The maximum atomic E-state index is 12.6. The molecule has 8 heteroatoms. The Morgan fingerprint density at radius 1 is 1.07 bits per heavy atom. The molecule has 2 heterocycles. The second-order valence-electron chi connectivity index (χ2n) is 6.61. The fourth-order valence-corrected chi connectivity index (χ4v) is 3.05. The van der Waals surface area contributed by atoms with Gasteiger partial charge in [-0.2, -0.15) is 4.98 Å². The Morgan fingerprint density at radius 2 is 1.83 bits per heavy atom. The summed E-state index contributed by atoms with van der Waals surface area (Å²) in [5, 5.41) is 7.12. The Hall–Kier alpha value is -3.81. The van der Waals surface area contributed by atoms with Crippen molar-refractivity contribution >= 4 is 16.8 Å². The van der Waals surface area contributed by atoms with Crippen LogP contribution in [0.15, 0.2) is 63.9 Å². The summed E-state index contributed by atoms with van der Waals surface area (Å²) in [4.78, 5) is 33.7. The van der Waals surface area contributed by atoms with Gasteiger partial charge in [-0.25, -0.2) is 4.98 Å². The molecule has 146 valence electrons. The largest absolute Gasteiger partial charge is 0.345 e. The van der Waals surface area contributed by atoms with Gasteiger partial charge in [-0.05, 0) is 24.6 Å². The molecule has 0 aliphatic rings. The van der Waals surface area contributed by atoms with Gasteiger partial charge in [0.05, 0.1) is 17.4 Å². The predicted octanol–water partition coefficient (Wildman–Crippen LogP) is 2.00. The van der Waals surface area contributed by atoms with Gasteiger partial charge < -0.3 is 9.84 Å². The molecule has 1 N–H and O–H groups in total. The zero-order chi connectivity index (χ0) is 20.2. The summed E-state index contributed by atoms with van der Waals surface area (Å²) in [5.41, 5.74) is 1.44. The first-order chi connectivity index (χ1) is 14.1. The first-order valence-corrected chi connectivity index (χ1v) is 9.18. The van der Waals surface area contributed by atoms with Crippen LogP contribution in [-0.4, -0.2) is 25.6 Å². The van der Waals surface area contributed by atoms with Crippen LogP contribution in [0, 0.1) is 6.92 Å². The first-order valence-electron chi connectivity index (χ1n) is 9.18. The molecule has 8 nitrogen and oxygen atoms in total. The summed E-state index contributed by atoms with van der Waals surface area (Å²) in [5.74, 6) is 0.998. The van der Waals surface area contributed by atoms with Gasteiger partial charge in [0, 0.05) is 6.42 Å². The Kier molecular flexibility index (Phi) is 5.15. The minimum Gasteiger partial charge on any atom is -0.345 e. The zero-order valence-corrected chi connectivity index (χ0v) is 15.8. The summed E-state index contributed by atoms with van der Waals surface area (Å²) in [6.07, 6.45) is 0.551. The molecule has 0 saturated heterocycles. The molecule has 0 unspecified atom stereocenters. The molecule has 4 rings (SSSR count). The second kappa shape index (κ2) is 8.05. The molecule has 0 aliphatic heterocycles. The van der Waals surface area contributed by atoms with E-state index in [9.17, 15) is 9.59 Å². The van der Waals surface area contributed by atoms with Gasteiger partial charge in [0.15, 0.2) is 5.82 Å². The van der Waals surface area contributed by atoms with Crippen molar-refractivity contribution in [3.63, 3.8) is 0 Å². The lowest BCUT2D eigenvalue weighted by atomic mass is 10.1. The molecule has 29 heavy (non-hydrogen) atoms. The van der Waals surface area contributed by atoms with E-state index in [0.717, 1.165) is 5.56 Å². The number of hydrogen-bond donors (Lipinski definition) is 1. The molecule has 2 aromatic heterocycles. The Morgan fingerprint density at radius 3 is 2.66 bits per heavy atom. The normalized spacial score (nSPS) is 10.9. The third kappa shape index (κ3) is 4.21. The summed E-state index contributed by atoms with van der Waals surface area (Å²) in [6, 6.07) is 16.9. The van der Waals surface area contributed by atoms with E-state index in [1.54, 1.807) is 25.1 Å². The quantitative estimate of drug-likeness (QED) is 0.541. The van der Waals surface area contributed by atoms with Crippen LogP contribution in [0.1, 0.15) is 23.1 Å². The number of carbonyl (C=O) groups excluding carboxylic acids is 1. The van der Waals surface area contributed by atoms with Crippen molar-refractivity contribution in [3.8, 4) is 0 Å². The van der Waals surface area contributed by atoms with Gasteiger partial charge >= 0.3 is 0 Å². The smallest absolute Gasteiger partial charge is 0.261 e. The highest BCUT2D eigenvalue weighted by atomic mass is 16.5. The van der Waals surface area contributed by atoms with Crippen molar-refractivity contribution in [2.45, 2.75) is 26.4 Å². The Balaban J connectivity index is 1.40. The standard InChI is InChI=1S/C21H19N5O3/c1-14-23-17-10-6-5-9-16(17)21(28)26(14)13-19(27)22-12-20-24-18(25-29-20)11-15-7-3-2-4-8-15/h2-10H,11-13H2,1H3,(H,22,27). The highest BCUT2D eigenvalue weighted by Gasteiger charge is 2.13. The van der Waals surface area contributed by atoms with E-state index in [1.165, 1.54) is 4.57 Å². The molecule has 2 aromatic carbocycles. The number of aromatic nitrogens is 4. The van der Waals surface area contributed by atoms with Crippen molar-refractivity contribution in [1.82, 2.24) is 25.0 Å². The molecule has 0 bridgehead atoms. The van der Waals surface area contributed by atoms with Gasteiger partial charge in [0.1, 0.15) is 12.4 Å². The number of aryl methyl sites for hydroxylation is 1. The summed E-state index contributed by atoms with van der Waals surface area (Å²) < 4.78 is 6.54. The maximum absolute atomic E-state index is 12.6. The van der Waals surface area contributed by atoms with Crippen LogP contribution >= 0.6 is 0 Å². The predicted molar refractivity (Wildman–Crippen MR) is 106 cm³/mol. The molecule has 4 aromatic rings. The van der Waals surface area contributed by atoms with Crippen molar-refractivity contribution in [3.05, 3.63) is 88.1 Å². The fourth-order valence-electron chi connectivity index (χ4n) is 3.05. The molecule has 0 aliphatic carbocycles. The molecule has 0 spiro atoms. The van der Waals surface area contributed by atoms with Crippen LogP contribution in [-0.2, 0) is 24.3 Å². The SMILES string of the molecule is Cc1nc2ccccc2c(=O)n1CC(=O)NCc1nc(Cc2ccccc2)no1. The monoisotopic (exact) mass is 389 g/mol. The number of nitrogens with zero attached hydrogens (tertiary/aromatic N) is 4. The third-order valence-corrected chi connectivity index (χ3v) is 4.51. The number of benzene rings is 2. The highest BCUT2D eigenvalue weighted by molar-refractivity contribution is 5.79. The lowest BCUT2D eigenvalue weighted by molar-refractivity contribution is -0.122. The summed E-state index contributed by atoms with van der Waals surface area (Å²) in [7, 11) is 0. The van der Waals surface area contributed by atoms with Gasteiger partial charge in [-0.1, -0.05) is 47.6 Å². The van der Waals surface area contributed by atoms with Crippen LogP contribution < -0.4 is 10.9 Å². The minimum atomic E-state index is -0.338. The van der Waals surface area contributed by atoms with Crippen LogP contribution in [0.5, 0.6) is 0 Å². The molecule has 0 saturated carbocycles. The number of para-hydroxylation sites is 1. The molecular weight excluding hydrogens is 370 g/mol. The lowest BCUT2D eigenvalue weighted by Crippen LogP contribution is -2.33. The van der Waals surface area contributed by atoms with E-state index < -0.39 is 0 Å². The molecule has 0 radical (unpaired) electrons. The van der Waals surface area contributed by atoms with Gasteiger partial charge in [-0.3, -0.25) is 14.2 Å². The number of fused-ring (bicyclic) bond motifs is 1. The van der Waals surface area contributed by atoms with Gasteiger partial charge in [0.2, 0.25) is 11.8 Å². The second-order valence-corrected chi connectivity index (χ2v) is 6.61. The first kappa shape index (κ1) is 18.5. The number of rotatable bonds is 6. The molecule has 0 fully saturated rings. The third-order valence-electron chi connectivity index (χ3n) is 4.51. The Labute approximate surface area is 166 Å². The van der Waals surface area contributed by atoms with Crippen LogP contribution in [0.25, 0.3) is 10.9 Å². The van der Waals surface area contributed by atoms with Gasteiger partial charge in [-0.15, -0.1) is 0 Å². The molecule has 0 atom stereocenters. The molecule has 1 amide bonds. The highest BCUT2D eigenvalue weighted by Crippen LogP contribution is 2.08. The summed E-state index contributed by atoms with van der Waals surface area (Å²) in [6.45, 7) is 1.66. The van der Waals surface area contributed by atoms with Crippen molar-refractivity contribution in [2.24, 2.45) is 0 Å². The van der Waals surface area contributed by atoms with E-state index in [2.05, 4.69) is 20.4 Å². The maximum Gasteiger partial charge on any atom is 0.261 e. The van der Waals surface area contributed by atoms with Crippen molar-refractivity contribution < 1.29 is 9.32 Å². The summed E-state index contributed by atoms with van der Waals surface area (Å²) >= 11 is 0. The zero-order valence-electron chi connectivity index (χ0n) is 15.8. The fraction of sp³-hybridized carbons (Fsp3) is 0.190. The number of nitrogens with one attached hydrogen (secondary N) is 1. The Bertz CT molecular complexity index is 1210. The van der Waals surface area contributed by atoms with Crippen LogP contribution in [0.2, 0.25) is 0 Å². The number of hydrogen-bond acceptors (Lipinski definition) is 6. The van der Waals surface area contributed by atoms with Crippen molar-refractivity contribution in [2.75, 3.05) is 0 Å². The topological polar surface area (TPSA) is 103 Å². The average molecular weight is 389 g/mol. The van der Waals surface area contributed by atoms with E-state index in [4.69, 9.17) is 4.52 Å². The van der Waals surface area contributed by atoms with E-state index in [0.29, 0.717) is 34.9 Å². The van der Waals surface area contributed by atoms with Crippen molar-refractivity contribution in [1.29, 1.82) is 0 Å². The minimum absolute atomic E-state index is 0.0927. The van der Waals surface area contributed by atoms with E-state index in [-0.39, 0.29) is 24.6 Å². The van der Waals surface area contributed by atoms with E-state index >= 15 is 0 Å². The lowest BCUT2D eigenvalue weighted by Gasteiger charge is -2.10. The number of carbonyl (C=O) groups is 1.